The fourth-order valence-corrected chi connectivity index (χ4v) is 1.94. The van der Waals surface area contributed by atoms with Gasteiger partial charge < -0.3 is 5.11 Å². The average molecular weight is 160 g/mol. The van der Waals surface area contributed by atoms with Crippen molar-refractivity contribution < 1.29 is 5.11 Å². The maximum absolute atomic E-state index is 9.31. The largest absolute Gasteiger partial charge is 0.391 e. The van der Waals surface area contributed by atoms with Crippen LogP contribution in [-0.4, -0.2) is 35.8 Å². The van der Waals surface area contributed by atoms with E-state index in [9.17, 15) is 5.11 Å². The number of hydrogen-bond donors (Lipinski definition) is 1. The van der Waals surface area contributed by atoms with Crippen LogP contribution in [0.15, 0.2) is 0 Å². The topological polar surface area (TPSA) is 34.3 Å². The van der Waals surface area contributed by atoms with Crippen molar-refractivity contribution in [2.24, 2.45) is 5.92 Å². The van der Waals surface area contributed by atoms with E-state index in [1.165, 1.54) is 0 Å². The molecule has 0 aromatic carbocycles. The summed E-state index contributed by atoms with van der Waals surface area (Å²) in [4.78, 5) is 0. The first-order valence-corrected chi connectivity index (χ1v) is 4.89. The van der Waals surface area contributed by atoms with Gasteiger partial charge in [-0.3, -0.25) is 0 Å². The van der Waals surface area contributed by atoms with Crippen LogP contribution in [0.1, 0.15) is 6.92 Å². The van der Waals surface area contributed by atoms with Crippen molar-refractivity contribution in [1.82, 2.24) is 5.32 Å². The fraction of sp³-hybridized carbons (Fsp3) is 1.00. The zero-order valence-corrected chi connectivity index (χ0v) is 7.10. The highest BCUT2D eigenvalue weighted by atomic mass is 32.2. The van der Waals surface area contributed by atoms with Crippen molar-refractivity contribution in [1.29, 1.82) is 0 Å². The van der Waals surface area contributed by atoms with Crippen LogP contribution in [0.4, 0.5) is 0 Å². The van der Waals surface area contributed by atoms with E-state index in [1.807, 2.05) is 11.8 Å². The second-order valence-corrected chi connectivity index (χ2v) is 3.89. The van der Waals surface area contributed by atoms with Gasteiger partial charge in [-0.1, -0.05) is 6.92 Å². The van der Waals surface area contributed by atoms with Gasteiger partial charge in [0.05, 0.1) is 6.10 Å². The Balaban J connectivity index is 2.14. The zero-order chi connectivity index (χ0) is 7.40. The molecule has 10 heavy (non-hydrogen) atoms. The summed E-state index contributed by atoms with van der Waals surface area (Å²) in [5, 5.41) is 13.4. The van der Waals surface area contributed by atoms with Crippen molar-refractivity contribution >= 4 is 11.8 Å². The Morgan fingerprint density at radius 2 is 2.40 bits per heavy atom. The molecule has 2 unspecified atom stereocenters. The molecular formula is C7H14NOS. The third kappa shape index (κ3) is 2.15. The summed E-state index contributed by atoms with van der Waals surface area (Å²) in [6, 6.07) is 0. The lowest BCUT2D eigenvalue weighted by molar-refractivity contribution is 0.158. The van der Waals surface area contributed by atoms with Gasteiger partial charge in [0, 0.05) is 19.0 Å². The lowest BCUT2D eigenvalue weighted by Gasteiger charge is -2.10. The van der Waals surface area contributed by atoms with Crippen molar-refractivity contribution in [3.05, 3.63) is 0 Å². The van der Waals surface area contributed by atoms with Gasteiger partial charge >= 0.3 is 0 Å². The first kappa shape index (κ1) is 8.37. The van der Waals surface area contributed by atoms with Gasteiger partial charge in [0.15, 0.2) is 0 Å². The van der Waals surface area contributed by atoms with E-state index in [-0.39, 0.29) is 6.10 Å². The summed E-state index contributed by atoms with van der Waals surface area (Å²) >= 11 is 1.89. The minimum Gasteiger partial charge on any atom is -0.391 e. The Bertz CT molecular complexity index is 99.6. The molecule has 1 N–H and O–H groups in total. The molecule has 0 aromatic rings. The summed E-state index contributed by atoms with van der Waals surface area (Å²) in [6.45, 7) is 3.67. The standard InChI is InChI=1S/C7H14NOS/c1-2-10-5-6-3-8-4-7(6)9/h6-7,9H,2-5H2,1H3. The molecule has 1 radical (unpaired) electrons. The number of thioether (sulfide) groups is 1. The minimum absolute atomic E-state index is 0.154. The molecule has 1 saturated heterocycles. The monoisotopic (exact) mass is 160 g/mol. The number of hydrogen-bond acceptors (Lipinski definition) is 2. The second kappa shape index (κ2) is 4.21. The number of aliphatic hydroxyl groups is 1. The summed E-state index contributed by atoms with van der Waals surface area (Å²) in [7, 11) is 0. The van der Waals surface area contributed by atoms with Crippen LogP contribution in [0.3, 0.4) is 0 Å². The molecule has 1 aliphatic rings. The summed E-state index contributed by atoms with van der Waals surface area (Å²) in [5.41, 5.74) is 0. The maximum atomic E-state index is 9.31. The molecule has 0 aromatic heterocycles. The first-order chi connectivity index (χ1) is 4.84. The molecule has 0 aliphatic carbocycles. The van der Waals surface area contributed by atoms with Gasteiger partial charge in [-0.05, 0) is 11.5 Å². The molecule has 0 saturated carbocycles. The highest BCUT2D eigenvalue weighted by Gasteiger charge is 2.24. The van der Waals surface area contributed by atoms with Gasteiger partial charge in [0.1, 0.15) is 0 Å². The molecule has 2 nitrogen and oxygen atoms in total. The van der Waals surface area contributed by atoms with Crippen molar-refractivity contribution in [2.75, 3.05) is 24.6 Å². The smallest absolute Gasteiger partial charge is 0.0730 e. The first-order valence-electron chi connectivity index (χ1n) is 3.73. The SMILES string of the molecule is CCSCC1C[N]CC1O. The molecule has 1 rings (SSSR count). The second-order valence-electron chi connectivity index (χ2n) is 2.58. The van der Waals surface area contributed by atoms with E-state index in [2.05, 4.69) is 12.2 Å². The molecule has 0 spiro atoms. The maximum Gasteiger partial charge on any atom is 0.0730 e. The molecule has 0 bridgehead atoms. The van der Waals surface area contributed by atoms with Crippen LogP contribution < -0.4 is 5.32 Å². The summed E-state index contributed by atoms with van der Waals surface area (Å²) < 4.78 is 0. The Morgan fingerprint density at radius 1 is 1.60 bits per heavy atom. The summed E-state index contributed by atoms with van der Waals surface area (Å²) in [6.07, 6.45) is -0.154. The van der Waals surface area contributed by atoms with Crippen molar-refractivity contribution in [2.45, 2.75) is 13.0 Å². The molecule has 0 amide bonds. The summed E-state index contributed by atoms with van der Waals surface area (Å²) in [5.74, 6) is 2.65. The molecule has 59 valence electrons. The van der Waals surface area contributed by atoms with Gasteiger partial charge in [-0.25, -0.2) is 5.32 Å². The predicted molar refractivity (Wildman–Crippen MR) is 44.4 cm³/mol. The van der Waals surface area contributed by atoms with Gasteiger partial charge in [0.25, 0.3) is 0 Å². The molecule has 2 atom stereocenters. The predicted octanol–water partition coefficient (Wildman–Crippen LogP) is 0.335. The molecule has 3 heteroatoms. The third-order valence-corrected chi connectivity index (χ3v) is 2.83. The number of nitrogens with zero attached hydrogens (tertiary/aromatic N) is 1. The molecule has 1 heterocycles. The van der Waals surface area contributed by atoms with Crippen LogP contribution in [0.2, 0.25) is 0 Å². The van der Waals surface area contributed by atoms with Crippen LogP contribution in [0.5, 0.6) is 0 Å². The highest BCUT2D eigenvalue weighted by molar-refractivity contribution is 7.99. The lowest BCUT2D eigenvalue weighted by atomic mass is 10.1. The van der Waals surface area contributed by atoms with Crippen LogP contribution in [0, 0.1) is 5.92 Å². The average Bonchev–Trinajstić information content (AvgIpc) is 2.31. The van der Waals surface area contributed by atoms with E-state index < -0.39 is 0 Å². The van der Waals surface area contributed by atoms with E-state index in [0.29, 0.717) is 12.5 Å². The van der Waals surface area contributed by atoms with Gasteiger partial charge in [0.2, 0.25) is 0 Å². The van der Waals surface area contributed by atoms with Crippen molar-refractivity contribution in [3.8, 4) is 0 Å². The third-order valence-electron chi connectivity index (χ3n) is 1.76. The highest BCUT2D eigenvalue weighted by Crippen LogP contribution is 2.15. The Morgan fingerprint density at radius 3 is 2.90 bits per heavy atom. The fourth-order valence-electron chi connectivity index (χ4n) is 1.08. The van der Waals surface area contributed by atoms with E-state index in [4.69, 9.17) is 0 Å². The van der Waals surface area contributed by atoms with Crippen LogP contribution in [0.25, 0.3) is 0 Å². The molecule has 1 fully saturated rings. The quantitative estimate of drug-likeness (QED) is 0.646. The molecular weight excluding hydrogens is 146 g/mol. The molecule has 1 aliphatic heterocycles. The van der Waals surface area contributed by atoms with Gasteiger partial charge in [-0.15, -0.1) is 0 Å². The minimum atomic E-state index is -0.154. The lowest BCUT2D eigenvalue weighted by Crippen LogP contribution is -2.19. The number of rotatable bonds is 3. The Hall–Kier alpha value is 0.270. The van der Waals surface area contributed by atoms with E-state index in [1.54, 1.807) is 0 Å². The Labute approximate surface area is 66.4 Å². The number of aliphatic hydroxyl groups excluding tert-OH is 1. The van der Waals surface area contributed by atoms with Gasteiger partial charge in [-0.2, -0.15) is 11.8 Å². The van der Waals surface area contributed by atoms with E-state index >= 15 is 0 Å². The Kier molecular flexibility index (Phi) is 3.52. The van der Waals surface area contributed by atoms with Crippen LogP contribution >= 0.6 is 11.8 Å². The van der Waals surface area contributed by atoms with Crippen LogP contribution in [-0.2, 0) is 0 Å². The van der Waals surface area contributed by atoms with E-state index in [0.717, 1.165) is 18.1 Å². The zero-order valence-electron chi connectivity index (χ0n) is 6.29. The van der Waals surface area contributed by atoms with Crippen molar-refractivity contribution in [3.63, 3.8) is 0 Å². The normalized spacial score (nSPS) is 33.0.